The highest BCUT2D eigenvalue weighted by atomic mass is 35.5. The first-order valence-corrected chi connectivity index (χ1v) is 7.55. The predicted molar refractivity (Wildman–Crippen MR) is 89.6 cm³/mol. The second-order valence-electron chi connectivity index (χ2n) is 5.63. The summed E-state index contributed by atoms with van der Waals surface area (Å²) in [7, 11) is 2.12. The van der Waals surface area contributed by atoms with Crippen molar-refractivity contribution in [1.29, 1.82) is 0 Å². The van der Waals surface area contributed by atoms with Crippen LogP contribution in [0.15, 0.2) is 30.3 Å². The van der Waals surface area contributed by atoms with Crippen molar-refractivity contribution in [1.82, 2.24) is 4.90 Å². The summed E-state index contributed by atoms with van der Waals surface area (Å²) in [5.41, 5.74) is 1.21. The van der Waals surface area contributed by atoms with E-state index in [9.17, 15) is 5.11 Å². The Labute approximate surface area is 130 Å². The van der Waals surface area contributed by atoms with E-state index >= 15 is 0 Å². The molecule has 1 aromatic carbocycles. The molecule has 0 heterocycles. The maximum Gasteiger partial charge on any atom is 0.0707 e. The van der Waals surface area contributed by atoms with Gasteiger partial charge >= 0.3 is 0 Å². The van der Waals surface area contributed by atoms with Gasteiger partial charge in [-0.15, -0.1) is 12.4 Å². The minimum absolute atomic E-state index is 0. The summed E-state index contributed by atoms with van der Waals surface area (Å²) in [6.07, 6.45) is 5.56. The molecule has 0 aliphatic rings. The number of aliphatic hydroxyl groups excluding tert-OH is 1. The van der Waals surface area contributed by atoms with E-state index in [1.54, 1.807) is 0 Å². The number of benzene rings is 1. The van der Waals surface area contributed by atoms with Crippen molar-refractivity contribution in [3.63, 3.8) is 0 Å². The minimum Gasteiger partial charge on any atom is -0.391 e. The largest absolute Gasteiger partial charge is 0.391 e. The van der Waals surface area contributed by atoms with Crippen LogP contribution in [0, 0.1) is 0 Å². The van der Waals surface area contributed by atoms with Gasteiger partial charge in [0.25, 0.3) is 0 Å². The first kappa shape index (κ1) is 19.4. The molecular weight excluding hydrogens is 270 g/mol. The molecule has 0 aliphatic heterocycles. The van der Waals surface area contributed by atoms with Crippen LogP contribution in [0.2, 0.25) is 0 Å². The normalized spacial score (nSPS) is 13.8. The summed E-state index contributed by atoms with van der Waals surface area (Å²) in [4.78, 5) is 2.28. The van der Waals surface area contributed by atoms with E-state index in [0.717, 1.165) is 13.0 Å². The monoisotopic (exact) mass is 299 g/mol. The van der Waals surface area contributed by atoms with E-state index in [1.807, 2.05) is 18.2 Å². The van der Waals surface area contributed by atoms with E-state index < -0.39 is 0 Å². The lowest BCUT2D eigenvalue weighted by Crippen LogP contribution is -2.36. The molecule has 3 heteroatoms. The molecule has 2 atom stereocenters. The van der Waals surface area contributed by atoms with Crippen LogP contribution in [-0.2, 0) is 6.42 Å². The van der Waals surface area contributed by atoms with Crippen LogP contribution in [0.25, 0.3) is 0 Å². The zero-order valence-electron chi connectivity index (χ0n) is 13.1. The van der Waals surface area contributed by atoms with Crippen LogP contribution >= 0.6 is 12.4 Å². The number of hydrogen-bond donors (Lipinski definition) is 1. The van der Waals surface area contributed by atoms with E-state index in [-0.39, 0.29) is 18.5 Å². The lowest BCUT2D eigenvalue weighted by atomic mass is 10.1. The Morgan fingerprint density at radius 2 is 1.80 bits per heavy atom. The summed E-state index contributed by atoms with van der Waals surface area (Å²) in [5.74, 6) is 0. The molecule has 0 fully saturated rings. The molecule has 2 nitrogen and oxygen atoms in total. The molecule has 0 saturated carbocycles. The standard InChI is InChI=1S/C17H29NO.ClH/c1-4-5-7-10-15(2)18(3)14-17(19)13-16-11-8-6-9-12-16;/h6,8-9,11-12,15,17,19H,4-5,7,10,13-14H2,1-3H3;1H. The maximum absolute atomic E-state index is 10.2. The molecule has 20 heavy (non-hydrogen) atoms. The third-order valence-corrected chi connectivity index (χ3v) is 3.79. The van der Waals surface area contributed by atoms with Gasteiger partial charge in [-0.1, -0.05) is 56.5 Å². The van der Waals surface area contributed by atoms with Crippen LogP contribution < -0.4 is 0 Å². The Bertz CT molecular complexity index is 331. The highest BCUT2D eigenvalue weighted by Gasteiger charge is 2.13. The zero-order valence-corrected chi connectivity index (χ0v) is 13.9. The van der Waals surface area contributed by atoms with E-state index in [2.05, 4.69) is 37.9 Å². The van der Waals surface area contributed by atoms with Gasteiger partial charge in [-0.2, -0.15) is 0 Å². The fraction of sp³-hybridized carbons (Fsp3) is 0.647. The maximum atomic E-state index is 10.2. The molecule has 0 aliphatic carbocycles. The summed E-state index contributed by atoms with van der Waals surface area (Å²) in [5, 5.41) is 10.2. The Morgan fingerprint density at radius 3 is 2.40 bits per heavy atom. The topological polar surface area (TPSA) is 23.5 Å². The Balaban J connectivity index is 0.00000361. The number of halogens is 1. The third-order valence-electron chi connectivity index (χ3n) is 3.79. The SMILES string of the molecule is CCCCCC(C)N(C)CC(O)Cc1ccccc1.Cl. The number of aliphatic hydroxyl groups is 1. The third kappa shape index (κ3) is 7.88. The van der Waals surface area contributed by atoms with E-state index in [1.165, 1.54) is 31.2 Å². The van der Waals surface area contributed by atoms with Crippen molar-refractivity contribution in [3.8, 4) is 0 Å². The number of hydrogen-bond acceptors (Lipinski definition) is 2. The van der Waals surface area contributed by atoms with Gasteiger partial charge in [0, 0.05) is 12.6 Å². The van der Waals surface area contributed by atoms with Crippen LogP contribution in [0.5, 0.6) is 0 Å². The van der Waals surface area contributed by atoms with Crippen LogP contribution in [-0.4, -0.2) is 35.7 Å². The molecule has 0 bridgehead atoms. The molecule has 2 unspecified atom stereocenters. The number of nitrogens with zero attached hydrogens (tertiary/aromatic N) is 1. The molecule has 0 aromatic heterocycles. The van der Waals surface area contributed by atoms with Gasteiger partial charge < -0.3 is 10.0 Å². The Hall–Kier alpha value is -0.570. The molecule has 0 amide bonds. The summed E-state index contributed by atoms with van der Waals surface area (Å²) in [6.45, 7) is 5.24. The fourth-order valence-electron chi connectivity index (χ4n) is 2.37. The van der Waals surface area contributed by atoms with Crippen LogP contribution in [0.3, 0.4) is 0 Å². The van der Waals surface area contributed by atoms with Crippen LogP contribution in [0.1, 0.15) is 45.1 Å². The van der Waals surface area contributed by atoms with Crippen molar-refractivity contribution in [3.05, 3.63) is 35.9 Å². The van der Waals surface area contributed by atoms with Crippen LogP contribution in [0.4, 0.5) is 0 Å². The van der Waals surface area contributed by atoms with Gasteiger partial charge in [0.1, 0.15) is 0 Å². The predicted octanol–water partition coefficient (Wildman–Crippen LogP) is 3.91. The van der Waals surface area contributed by atoms with Gasteiger partial charge in [-0.3, -0.25) is 0 Å². The smallest absolute Gasteiger partial charge is 0.0707 e. The summed E-state index contributed by atoms with van der Waals surface area (Å²) in [6, 6.07) is 10.8. The van der Waals surface area contributed by atoms with Crippen molar-refractivity contribution in [2.45, 2.75) is 58.1 Å². The summed E-state index contributed by atoms with van der Waals surface area (Å²) < 4.78 is 0. The van der Waals surface area contributed by atoms with Crippen molar-refractivity contribution in [2.75, 3.05) is 13.6 Å². The molecule has 0 spiro atoms. The zero-order chi connectivity index (χ0) is 14.1. The minimum atomic E-state index is -0.277. The molecule has 0 saturated heterocycles. The lowest BCUT2D eigenvalue weighted by Gasteiger charge is -2.27. The van der Waals surface area contributed by atoms with Gasteiger partial charge in [-0.05, 0) is 32.4 Å². The van der Waals surface area contributed by atoms with Gasteiger partial charge in [-0.25, -0.2) is 0 Å². The van der Waals surface area contributed by atoms with Crippen molar-refractivity contribution in [2.24, 2.45) is 0 Å². The fourth-order valence-corrected chi connectivity index (χ4v) is 2.37. The van der Waals surface area contributed by atoms with Crippen molar-refractivity contribution < 1.29 is 5.11 Å². The van der Waals surface area contributed by atoms with Gasteiger partial charge in [0.05, 0.1) is 6.10 Å². The highest BCUT2D eigenvalue weighted by Crippen LogP contribution is 2.10. The molecule has 1 N–H and O–H groups in total. The highest BCUT2D eigenvalue weighted by molar-refractivity contribution is 5.85. The second kappa shape index (κ2) is 11.1. The quantitative estimate of drug-likeness (QED) is 0.699. The molecule has 0 radical (unpaired) electrons. The van der Waals surface area contributed by atoms with E-state index in [4.69, 9.17) is 0 Å². The lowest BCUT2D eigenvalue weighted by molar-refractivity contribution is 0.105. The number of likely N-dealkylation sites (N-methyl/N-ethyl adjacent to an activating group) is 1. The second-order valence-corrected chi connectivity index (χ2v) is 5.63. The average Bonchev–Trinajstić information content (AvgIpc) is 2.39. The summed E-state index contributed by atoms with van der Waals surface area (Å²) >= 11 is 0. The average molecular weight is 300 g/mol. The first-order valence-electron chi connectivity index (χ1n) is 7.55. The van der Waals surface area contributed by atoms with E-state index in [0.29, 0.717) is 6.04 Å². The first-order chi connectivity index (χ1) is 9.13. The molecular formula is C17H30ClNO. The number of unbranched alkanes of at least 4 members (excludes halogenated alkanes) is 2. The van der Waals surface area contributed by atoms with Gasteiger partial charge in [0.15, 0.2) is 0 Å². The molecule has 1 rings (SSSR count). The molecule has 1 aromatic rings. The van der Waals surface area contributed by atoms with Gasteiger partial charge in [0.2, 0.25) is 0 Å². The molecule has 116 valence electrons. The number of rotatable bonds is 9. The Kier molecular flexibility index (Phi) is 10.8. The van der Waals surface area contributed by atoms with Crippen molar-refractivity contribution >= 4 is 12.4 Å². The Morgan fingerprint density at radius 1 is 1.15 bits per heavy atom.